The third-order valence-corrected chi connectivity index (χ3v) is 4.14. The van der Waals surface area contributed by atoms with E-state index in [9.17, 15) is 9.59 Å². The highest BCUT2D eigenvalue weighted by atomic mass is 16.5. The van der Waals surface area contributed by atoms with Crippen LogP contribution < -0.4 is 15.4 Å². The molecule has 6 heteroatoms. The molecule has 122 valence electrons. The van der Waals surface area contributed by atoms with E-state index in [2.05, 4.69) is 10.6 Å². The van der Waals surface area contributed by atoms with Crippen LogP contribution in [0, 0.1) is 6.92 Å². The van der Waals surface area contributed by atoms with Crippen LogP contribution in [0.1, 0.15) is 35.4 Å². The molecule has 0 bridgehead atoms. The van der Waals surface area contributed by atoms with E-state index in [0.717, 1.165) is 12.8 Å². The van der Waals surface area contributed by atoms with E-state index in [0.29, 0.717) is 41.0 Å². The van der Waals surface area contributed by atoms with Crippen molar-refractivity contribution in [2.24, 2.45) is 0 Å². The van der Waals surface area contributed by atoms with Gasteiger partial charge in [-0.2, -0.15) is 0 Å². The molecule has 2 aromatic rings. The molecule has 0 spiro atoms. The Hall–Kier alpha value is -2.50. The minimum atomic E-state index is -0.500. The summed E-state index contributed by atoms with van der Waals surface area (Å²) in [6.45, 7) is 2.41. The second-order valence-corrected chi connectivity index (χ2v) is 5.71. The number of aryl methyl sites for hydroxylation is 1. The lowest BCUT2D eigenvalue weighted by Crippen LogP contribution is -2.45. The summed E-state index contributed by atoms with van der Waals surface area (Å²) >= 11 is 0. The minimum Gasteiger partial charge on any atom is -0.497 e. The van der Waals surface area contributed by atoms with Crippen molar-refractivity contribution >= 4 is 22.8 Å². The van der Waals surface area contributed by atoms with Gasteiger partial charge in [-0.3, -0.25) is 9.59 Å². The lowest BCUT2D eigenvalue weighted by molar-refractivity contribution is -0.122. The Morgan fingerprint density at radius 3 is 3.00 bits per heavy atom. The summed E-state index contributed by atoms with van der Waals surface area (Å²) in [7, 11) is 1.57. The predicted molar refractivity (Wildman–Crippen MR) is 85.6 cm³/mol. The molecule has 0 saturated carbocycles. The van der Waals surface area contributed by atoms with Gasteiger partial charge in [0.1, 0.15) is 23.1 Å². The van der Waals surface area contributed by atoms with E-state index >= 15 is 0 Å². The Kier molecular flexibility index (Phi) is 4.23. The van der Waals surface area contributed by atoms with Crippen LogP contribution in [0.25, 0.3) is 11.0 Å². The third kappa shape index (κ3) is 3.02. The van der Waals surface area contributed by atoms with Gasteiger partial charge in [0.25, 0.3) is 5.91 Å². The number of hydrogen-bond donors (Lipinski definition) is 2. The predicted octanol–water partition coefficient (Wildman–Crippen LogP) is 2.15. The van der Waals surface area contributed by atoms with Crippen LogP contribution in [0.4, 0.5) is 0 Å². The Morgan fingerprint density at radius 1 is 1.39 bits per heavy atom. The number of hydrogen-bond acceptors (Lipinski definition) is 4. The molecule has 1 aliphatic heterocycles. The third-order valence-electron chi connectivity index (χ3n) is 4.14. The van der Waals surface area contributed by atoms with Crippen LogP contribution >= 0.6 is 0 Å². The first-order valence-electron chi connectivity index (χ1n) is 7.76. The molecule has 2 amide bonds. The first-order valence-corrected chi connectivity index (χ1v) is 7.76. The molecule has 1 aromatic carbocycles. The fourth-order valence-electron chi connectivity index (χ4n) is 2.92. The Bertz CT molecular complexity index is 750. The van der Waals surface area contributed by atoms with Gasteiger partial charge in [0.15, 0.2) is 0 Å². The zero-order chi connectivity index (χ0) is 16.4. The normalized spacial score (nSPS) is 18.3. The number of ether oxygens (including phenoxy) is 1. The van der Waals surface area contributed by atoms with Gasteiger partial charge in [-0.05, 0) is 44.4 Å². The SMILES string of the molecule is COc1ccc2oc(C)c(C(=O)N[C@H]3CCCCNC3=O)c2c1. The molecular weight excluding hydrogens is 296 g/mol. The van der Waals surface area contributed by atoms with Crippen LogP contribution in [0.2, 0.25) is 0 Å². The molecule has 2 N–H and O–H groups in total. The Labute approximate surface area is 134 Å². The molecule has 1 aromatic heterocycles. The van der Waals surface area contributed by atoms with Crippen LogP contribution in [-0.2, 0) is 4.79 Å². The highest BCUT2D eigenvalue weighted by molar-refractivity contribution is 6.08. The van der Waals surface area contributed by atoms with Crippen LogP contribution in [0.15, 0.2) is 22.6 Å². The van der Waals surface area contributed by atoms with Crippen LogP contribution in [0.5, 0.6) is 5.75 Å². The van der Waals surface area contributed by atoms with Crippen molar-refractivity contribution in [1.29, 1.82) is 0 Å². The Morgan fingerprint density at radius 2 is 2.22 bits per heavy atom. The molecule has 3 rings (SSSR count). The fraction of sp³-hybridized carbons (Fsp3) is 0.412. The first kappa shape index (κ1) is 15.4. The quantitative estimate of drug-likeness (QED) is 0.909. The zero-order valence-electron chi connectivity index (χ0n) is 13.3. The van der Waals surface area contributed by atoms with Gasteiger partial charge in [0.2, 0.25) is 5.91 Å². The van der Waals surface area contributed by atoms with E-state index in [-0.39, 0.29) is 11.8 Å². The maximum absolute atomic E-state index is 12.7. The number of carbonyl (C=O) groups is 2. The van der Waals surface area contributed by atoms with Gasteiger partial charge >= 0.3 is 0 Å². The number of rotatable bonds is 3. The average molecular weight is 316 g/mol. The monoisotopic (exact) mass is 316 g/mol. The molecule has 6 nitrogen and oxygen atoms in total. The largest absolute Gasteiger partial charge is 0.497 e. The molecule has 0 radical (unpaired) electrons. The van der Waals surface area contributed by atoms with Gasteiger partial charge in [-0.25, -0.2) is 0 Å². The summed E-state index contributed by atoms with van der Waals surface area (Å²) < 4.78 is 10.9. The van der Waals surface area contributed by atoms with Gasteiger partial charge in [-0.15, -0.1) is 0 Å². The standard InChI is InChI=1S/C17H20N2O4/c1-10-15(12-9-11(22-2)6-7-14(12)23-10)17(21)19-13-5-3-4-8-18-16(13)20/h6-7,9,13H,3-5,8H2,1-2H3,(H,18,20)(H,19,21)/t13-/m0/s1. The molecule has 1 atom stereocenters. The molecule has 23 heavy (non-hydrogen) atoms. The van der Waals surface area contributed by atoms with Crippen molar-refractivity contribution in [1.82, 2.24) is 10.6 Å². The average Bonchev–Trinajstić information content (AvgIpc) is 2.74. The maximum Gasteiger partial charge on any atom is 0.256 e. The van der Waals surface area contributed by atoms with E-state index in [4.69, 9.17) is 9.15 Å². The lowest BCUT2D eigenvalue weighted by Gasteiger charge is -2.15. The maximum atomic E-state index is 12.7. The summed E-state index contributed by atoms with van der Waals surface area (Å²) in [5.41, 5.74) is 1.08. The van der Waals surface area contributed by atoms with Crippen molar-refractivity contribution < 1.29 is 18.7 Å². The number of benzene rings is 1. The number of fused-ring (bicyclic) bond motifs is 1. The lowest BCUT2D eigenvalue weighted by atomic mass is 10.1. The van der Waals surface area contributed by atoms with Crippen LogP contribution in [-0.4, -0.2) is 31.5 Å². The molecule has 2 heterocycles. The second-order valence-electron chi connectivity index (χ2n) is 5.71. The van der Waals surface area contributed by atoms with Crippen molar-refractivity contribution in [3.05, 3.63) is 29.5 Å². The van der Waals surface area contributed by atoms with Crippen molar-refractivity contribution in [2.75, 3.05) is 13.7 Å². The highest BCUT2D eigenvalue weighted by Gasteiger charge is 2.26. The molecular formula is C17H20N2O4. The summed E-state index contributed by atoms with van der Waals surface area (Å²) in [4.78, 5) is 24.7. The number of amides is 2. The number of carbonyl (C=O) groups excluding carboxylic acids is 2. The zero-order valence-corrected chi connectivity index (χ0v) is 13.3. The molecule has 0 aliphatic carbocycles. The minimum absolute atomic E-state index is 0.126. The first-order chi connectivity index (χ1) is 11.1. The number of furan rings is 1. The smallest absolute Gasteiger partial charge is 0.256 e. The van der Waals surface area contributed by atoms with E-state index in [1.54, 1.807) is 32.2 Å². The highest BCUT2D eigenvalue weighted by Crippen LogP contribution is 2.29. The molecule has 1 saturated heterocycles. The second kappa shape index (κ2) is 6.32. The summed E-state index contributed by atoms with van der Waals surface area (Å²) in [6, 6.07) is 4.83. The number of nitrogens with one attached hydrogen (secondary N) is 2. The van der Waals surface area contributed by atoms with Gasteiger partial charge in [0.05, 0.1) is 12.7 Å². The van der Waals surface area contributed by atoms with E-state index < -0.39 is 6.04 Å². The van der Waals surface area contributed by atoms with E-state index in [1.165, 1.54) is 0 Å². The van der Waals surface area contributed by atoms with Crippen molar-refractivity contribution in [3.63, 3.8) is 0 Å². The topological polar surface area (TPSA) is 80.6 Å². The summed E-state index contributed by atoms with van der Waals surface area (Å²) in [5, 5.41) is 6.34. The van der Waals surface area contributed by atoms with Gasteiger partial charge < -0.3 is 19.8 Å². The van der Waals surface area contributed by atoms with Crippen molar-refractivity contribution in [2.45, 2.75) is 32.2 Å². The summed E-state index contributed by atoms with van der Waals surface area (Å²) in [5.74, 6) is 0.759. The summed E-state index contributed by atoms with van der Waals surface area (Å²) in [6.07, 6.45) is 2.49. The van der Waals surface area contributed by atoms with Gasteiger partial charge in [0, 0.05) is 11.9 Å². The van der Waals surface area contributed by atoms with Gasteiger partial charge in [-0.1, -0.05) is 0 Å². The molecule has 1 fully saturated rings. The Balaban J connectivity index is 1.90. The molecule has 1 aliphatic rings. The molecule has 0 unspecified atom stereocenters. The fourth-order valence-corrected chi connectivity index (χ4v) is 2.92. The van der Waals surface area contributed by atoms with Crippen LogP contribution in [0.3, 0.4) is 0 Å². The number of methoxy groups -OCH3 is 1. The van der Waals surface area contributed by atoms with Crippen molar-refractivity contribution in [3.8, 4) is 5.75 Å². The van der Waals surface area contributed by atoms with E-state index in [1.807, 2.05) is 0 Å².